The van der Waals surface area contributed by atoms with Crippen molar-refractivity contribution in [3.05, 3.63) is 70.3 Å². The zero-order valence-corrected chi connectivity index (χ0v) is 18.5. The predicted octanol–water partition coefficient (Wildman–Crippen LogP) is 5.35. The maximum atomic E-state index is 12.0. The van der Waals surface area contributed by atoms with Gasteiger partial charge in [0, 0.05) is 18.5 Å². The molecule has 2 amide bonds. The number of hydrogen-bond acceptors (Lipinski definition) is 3. The van der Waals surface area contributed by atoms with E-state index >= 15 is 0 Å². The molecule has 0 spiro atoms. The molecule has 0 heterocycles. The van der Waals surface area contributed by atoms with E-state index < -0.39 is 0 Å². The van der Waals surface area contributed by atoms with E-state index in [-0.39, 0.29) is 24.7 Å². The molecule has 0 atom stereocenters. The van der Waals surface area contributed by atoms with E-state index in [9.17, 15) is 9.59 Å². The highest BCUT2D eigenvalue weighted by atomic mass is 16.2. The van der Waals surface area contributed by atoms with E-state index in [0.717, 1.165) is 22.4 Å². The van der Waals surface area contributed by atoms with Gasteiger partial charge in [-0.2, -0.15) is 5.10 Å². The monoisotopic (exact) mass is 405 g/mol. The van der Waals surface area contributed by atoms with E-state index in [0.29, 0.717) is 5.92 Å². The number of amides is 2. The van der Waals surface area contributed by atoms with Gasteiger partial charge < -0.3 is 5.32 Å². The molecule has 0 saturated heterocycles. The minimum atomic E-state index is -0.296. The Morgan fingerprint density at radius 3 is 2.27 bits per heavy atom. The van der Waals surface area contributed by atoms with Crippen LogP contribution in [0.15, 0.2) is 53.1 Å². The molecule has 0 fully saturated rings. The number of nitrogens with zero attached hydrogens (tertiary/aromatic N) is 1. The number of benzene rings is 2. The van der Waals surface area contributed by atoms with Crippen molar-refractivity contribution in [3.8, 4) is 0 Å². The average molecular weight is 406 g/mol. The molecular weight excluding hydrogens is 374 g/mol. The number of allylic oxidation sites excluding steroid dienone is 1. The third kappa shape index (κ3) is 7.66. The molecule has 0 aliphatic heterocycles. The molecule has 0 aliphatic carbocycles. The highest BCUT2D eigenvalue weighted by Crippen LogP contribution is 2.16. The Balaban J connectivity index is 1.76. The molecule has 30 heavy (non-hydrogen) atoms. The van der Waals surface area contributed by atoms with Crippen LogP contribution < -0.4 is 10.7 Å². The molecule has 0 radical (unpaired) electrons. The van der Waals surface area contributed by atoms with E-state index in [2.05, 4.69) is 54.0 Å². The summed E-state index contributed by atoms with van der Waals surface area (Å²) in [6, 6.07) is 14.1. The molecule has 2 aromatic rings. The Labute approximate surface area is 179 Å². The van der Waals surface area contributed by atoms with Crippen LogP contribution in [0.3, 0.4) is 0 Å². The lowest BCUT2D eigenvalue weighted by atomic mass is 10.0. The maximum Gasteiger partial charge on any atom is 0.240 e. The summed E-state index contributed by atoms with van der Waals surface area (Å²) in [7, 11) is 0. The Bertz CT molecular complexity index is 941. The Hall–Kier alpha value is -3.21. The molecule has 0 aliphatic rings. The smallest absolute Gasteiger partial charge is 0.240 e. The first-order chi connectivity index (χ1) is 14.2. The summed E-state index contributed by atoms with van der Waals surface area (Å²) < 4.78 is 0. The van der Waals surface area contributed by atoms with Crippen molar-refractivity contribution in [3.63, 3.8) is 0 Å². The SMILES string of the molecule is CC(C=NNC(=O)CCC(=O)Nc1ccc(C)c(C)c1)=Cc1ccc(C(C)C)cc1. The van der Waals surface area contributed by atoms with Crippen LogP contribution in [0, 0.1) is 13.8 Å². The lowest BCUT2D eigenvalue weighted by Gasteiger charge is -2.07. The van der Waals surface area contributed by atoms with Crippen LogP contribution >= 0.6 is 0 Å². The third-order valence-electron chi connectivity index (χ3n) is 4.82. The largest absolute Gasteiger partial charge is 0.326 e. The van der Waals surface area contributed by atoms with E-state index in [1.807, 2.05) is 45.0 Å². The molecule has 2 aromatic carbocycles. The first kappa shape index (κ1) is 23.1. The number of rotatable bonds is 8. The summed E-state index contributed by atoms with van der Waals surface area (Å²) in [6.45, 7) is 10.3. The van der Waals surface area contributed by atoms with Gasteiger partial charge in [-0.1, -0.05) is 50.3 Å². The zero-order chi connectivity index (χ0) is 22.1. The van der Waals surface area contributed by atoms with Crippen molar-refractivity contribution in [2.75, 3.05) is 5.32 Å². The summed E-state index contributed by atoms with van der Waals surface area (Å²) >= 11 is 0. The number of hydrogen-bond donors (Lipinski definition) is 2. The highest BCUT2D eigenvalue weighted by molar-refractivity contribution is 5.93. The number of carbonyl (C=O) groups excluding carboxylic acids is 2. The Morgan fingerprint density at radius 2 is 1.63 bits per heavy atom. The summed E-state index contributed by atoms with van der Waals surface area (Å²) in [4.78, 5) is 23.9. The molecule has 158 valence electrons. The number of anilines is 1. The lowest BCUT2D eigenvalue weighted by Crippen LogP contribution is -2.20. The number of hydrazone groups is 1. The maximum absolute atomic E-state index is 12.0. The van der Waals surface area contributed by atoms with Crippen molar-refractivity contribution >= 4 is 29.8 Å². The zero-order valence-electron chi connectivity index (χ0n) is 18.5. The molecule has 0 bridgehead atoms. The first-order valence-electron chi connectivity index (χ1n) is 10.2. The van der Waals surface area contributed by atoms with Gasteiger partial charge >= 0.3 is 0 Å². The van der Waals surface area contributed by atoms with E-state index in [4.69, 9.17) is 0 Å². The molecule has 5 nitrogen and oxygen atoms in total. The lowest BCUT2D eigenvalue weighted by molar-refractivity contribution is -0.124. The molecular formula is C25H31N3O2. The van der Waals surface area contributed by atoms with Gasteiger partial charge in [0.2, 0.25) is 11.8 Å². The van der Waals surface area contributed by atoms with Crippen LogP contribution in [0.1, 0.15) is 61.8 Å². The van der Waals surface area contributed by atoms with Crippen molar-refractivity contribution in [1.29, 1.82) is 0 Å². The number of aryl methyl sites for hydroxylation is 2. The van der Waals surface area contributed by atoms with Crippen molar-refractivity contribution < 1.29 is 9.59 Å². The molecule has 0 unspecified atom stereocenters. The van der Waals surface area contributed by atoms with Crippen LogP contribution in [0.4, 0.5) is 5.69 Å². The molecule has 2 N–H and O–H groups in total. The van der Waals surface area contributed by atoms with Crippen molar-refractivity contribution in [2.45, 2.75) is 53.4 Å². The minimum absolute atomic E-state index is 0.0768. The van der Waals surface area contributed by atoms with Gasteiger partial charge in [0.15, 0.2) is 0 Å². The number of carbonyl (C=O) groups is 2. The van der Waals surface area contributed by atoms with Gasteiger partial charge in [-0.25, -0.2) is 5.43 Å². The molecule has 0 saturated carbocycles. The molecule has 0 aromatic heterocycles. The van der Waals surface area contributed by atoms with Gasteiger partial charge in [0.05, 0.1) is 6.21 Å². The molecule has 2 rings (SSSR count). The van der Waals surface area contributed by atoms with Crippen LogP contribution in [-0.2, 0) is 9.59 Å². The standard InChI is InChI=1S/C25H31N3O2/c1-17(2)22-9-7-21(8-10-22)14-18(3)16-26-28-25(30)13-12-24(29)27-23-11-6-19(4)20(5)15-23/h6-11,14-17H,12-13H2,1-5H3,(H,27,29)(H,28,30). The normalized spacial score (nSPS) is 11.7. The first-order valence-corrected chi connectivity index (χ1v) is 10.2. The van der Waals surface area contributed by atoms with Crippen molar-refractivity contribution in [1.82, 2.24) is 5.43 Å². The summed E-state index contributed by atoms with van der Waals surface area (Å²) in [5.74, 6) is 0.0119. The van der Waals surface area contributed by atoms with E-state index in [1.54, 1.807) is 6.21 Å². The van der Waals surface area contributed by atoms with Crippen LogP contribution in [0.5, 0.6) is 0 Å². The second-order valence-corrected chi connectivity index (χ2v) is 7.85. The van der Waals surface area contributed by atoms with Gasteiger partial charge in [0.1, 0.15) is 0 Å². The fourth-order valence-electron chi connectivity index (χ4n) is 2.81. The van der Waals surface area contributed by atoms with Crippen LogP contribution in [-0.4, -0.2) is 18.0 Å². The third-order valence-corrected chi connectivity index (χ3v) is 4.82. The summed E-state index contributed by atoms with van der Waals surface area (Å²) in [5.41, 5.74) is 8.78. The Kier molecular flexibility index (Phi) is 8.54. The minimum Gasteiger partial charge on any atom is -0.326 e. The fraction of sp³-hybridized carbons (Fsp3) is 0.320. The molecule has 5 heteroatoms. The predicted molar refractivity (Wildman–Crippen MR) is 125 cm³/mol. The quantitative estimate of drug-likeness (QED) is 0.459. The second-order valence-electron chi connectivity index (χ2n) is 7.85. The van der Waals surface area contributed by atoms with Crippen molar-refractivity contribution in [2.24, 2.45) is 5.10 Å². The van der Waals surface area contributed by atoms with E-state index in [1.165, 1.54) is 11.1 Å². The average Bonchev–Trinajstić information content (AvgIpc) is 2.69. The van der Waals surface area contributed by atoms with Crippen LogP contribution in [0.2, 0.25) is 0 Å². The van der Waals surface area contributed by atoms with Gasteiger partial charge in [-0.3, -0.25) is 9.59 Å². The topological polar surface area (TPSA) is 70.6 Å². The highest BCUT2D eigenvalue weighted by Gasteiger charge is 2.07. The summed E-state index contributed by atoms with van der Waals surface area (Å²) in [5, 5.41) is 6.78. The fourth-order valence-corrected chi connectivity index (χ4v) is 2.81. The number of nitrogens with one attached hydrogen (secondary N) is 2. The van der Waals surface area contributed by atoms with Gasteiger partial charge in [0.25, 0.3) is 0 Å². The second kappa shape index (κ2) is 11.1. The summed E-state index contributed by atoms with van der Waals surface area (Å²) in [6.07, 6.45) is 3.78. The van der Waals surface area contributed by atoms with Gasteiger partial charge in [-0.15, -0.1) is 0 Å². The van der Waals surface area contributed by atoms with Gasteiger partial charge in [-0.05, 0) is 66.6 Å². The van der Waals surface area contributed by atoms with Crippen LogP contribution in [0.25, 0.3) is 6.08 Å². The Morgan fingerprint density at radius 1 is 0.967 bits per heavy atom.